The predicted molar refractivity (Wildman–Crippen MR) is 101 cm³/mol. The standard InChI is InChI=1S/C20H26N4O2/c1-26-18-8-4-7-17(15-18)24-10-9-21-20(24)23-13-11-22(12-14-23)19(25)16-5-2-3-6-16/h4,7-10,15-16H,2-3,5-6,11-14H2,1H3. The molecule has 0 spiro atoms. The molecule has 1 saturated heterocycles. The lowest BCUT2D eigenvalue weighted by Gasteiger charge is -2.36. The van der Waals surface area contributed by atoms with Gasteiger partial charge >= 0.3 is 0 Å². The van der Waals surface area contributed by atoms with E-state index in [0.717, 1.165) is 56.4 Å². The molecule has 0 bridgehead atoms. The molecule has 0 N–H and O–H groups in total. The number of carbonyl (C=O) groups excluding carboxylic acids is 1. The average Bonchev–Trinajstić information content (AvgIpc) is 3.39. The van der Waals surface area contributed by atoms with Crippen LogP contribution in [0.5, 0.6) is 5.75 Å². The van der Waals surface area contributed by atoms with E-state index in [1.165, 1.54) is 12.8 Å². The van der Waals surface area contributed by atoms with Gasteiger partial charge in [0.1, 0.15) is 5.75 Å². The van der Waals surface area contributed by atoms with E-state index in [2.05, 4.69) is 14.5 Å². The van der Waals surface area contributed by atoms with Crippen molar-refractivity contribution >= 4 is 11.9 Å². The maximum absolute atomic E-state index is 12.6. The van der Waals surface area contributed by atoms with Crippen LogP contribution < -0.4 is 9.64 Å². The zero-order chi connectivity index (χ0) is 17.9. The minimum Gasteiger partial charge on any atom is -0.497 e. The summed E-state index contributed by atoms with van der Waals surface area (Å²) in [5.41, 5.74) is 1.03. The predicted octanol–water partition coefficient (Wildman–Crippen LogP) is 2.72. The molecule has 1 aliphatic carbocycles. The van der Waals surface area contributed by atoms with Gasteiger partial charge in [-0.25, -0.2) is 4.98 Å². The summed E-state index contributed by atoms with van der Waals surface area (Å²) in [5, 5.41) is 0. The molecular weight excluding hydrogens is 328 g/mol. The molecule has 6 nitrogen and oxygen atoms in total. The Morgan fingerprint density at radius 2 is 1.92 bits per heavy atom. The SMILES string of the molecule is COc1cccc(-n2ccnc2N2CCN(C(=O)C3CCCC3)CC2)c1. The summed E-state index contributed by atoms with van der Waals surface area (Å²) in [6.45, 7) is 3.19. The Morgan fingerprint density at radius 3 is 2.65 bits per heavy atom. The van der Waals surface area contributed by atoms with Gasteiger partial charge in [-0.15, -0.1) is 0 Å². The molecule has 0 atom stereocenters. The lowest BCUT2D eigenvalue weighted by Crippen LogP contribution is -2.50. The van der Waals surface area contributed by atoms with Crippen molar-refractivity contribution in [3.63, 3.8) is 0 Å². The number of imidazole rings is 1. The van der Waals surface area contributed by atoms with Crippen molar-refractivity contribution in [2.45, 2.75) is 25.7 Å². The number of piperazine rings is 1. The largest absolute Gasteiger partial charge is 0.497 e. The second-order valence-corrected chi connectivity index (χ2v) is 7.09. The Balaban J connectivity index is 1.45. The van der Waals surface area contributed by atoms with E-state index in [1.54, 1.807) is 7.11 Å². The normalized spacial score (nSPS) is 18.3. The minimum atomic E-state index is 0.264. The minimum absolute atomic E-state index is 0.264. The van der Waals surface area contributed by atoms with Gasteiger partial charge in [-0.3, -0.25) is 9.36 Å². The number of methoxy groups -OCH3 is 1. The van der Waals surface area contributed by atoms with Crippen molar-refractivity contribution in [3.05, 3.63) is 36.7 Å². The number of rotatable bonds is 4. The van der Waals surface area contributed by atoms with Crippen LogP contribution >= 0.6 is 0 Å². The molecule has 2 aliphatic rings. The van der Waals surface area contributed by atoms with E-state index in [0.29, 0.717) is 5.91 Å². The van der Waals surface area contributed by atoms with Crippen molar-refractivity contribution in [2.75, 3.05) is 38.2 Å². The zero-order valence-electron chi connectivity index (χ0n) is 15.3. The van der Waals surface area contributed by atoms with Gasteiger partial charge in [0.15, 0.2) is 0 Å². The average molecular weight is 354 g/mol. The van der Waals surface area contributed by atoms with Gasteiger partial charge in [-0.1, -0.05) is 18.9 Å². The lowest BCUT2D eigenvalue weighted by atomic mass is 10.1. The second kappa shape index (κ2) is 7.40. The molecule has 2 heterocycles. The molecule has 6 heteroatoms. The summed E-state index contributed by atoms with van der Waals surface area (Å²) in [4.78, 5) is 21.5. The molecule has 138 valence electrons. The first-order valence-electron chi connectivity index (χ1n) is 9.48. The third-order valence-corrected chi connectivity index (χ3v) is 5.53. The maximum atomic E-state index is 12.6. The van der Waals surface area contributed by atoms with Crippen molar-refractivity contribution in [2.24, 2.45) is 5.92 Å². The van der Waals surface area contributed by atoms with Crippen molar-refractivity contribution in [1.29, 1.82) is 0 Å². The monoisotopic (exact) mass is 354 g/mol. The summed E-state index contributed by atoms with van der Waals surface area (Å²) < 4.78 is 7.42. The van der Waals surface area contributed by atoms with Crippen LogP contribution in [0.2, 0.25) is 0 Å². The fraction of sp³-hybridized carbons (Fsp3) is 0.500. The molecule has 0 unspecified atom stereocenters. The summed E-state index contributed by atoms with van der Waals surface area (Å²) in [7, 11) is 1.68. The van der Waals surface area contributed by atoms with Gasteiger partial charge in [0.25, 0.3) is 0 Å². The molecule has 26 heavy (non-hydrogen) atoms. The van der Waals surface area contributed by atoms with Crippen molar-refractivity contribution < 1.29 is 9.53 Å². The van der Waals surface area contributed by atoms with Crippen LogP contribution in [0, 0.1) is 5.92 Å². The summed E-state index contributed by atoms with van der Waals surface area (Å²) in [5.74, 6) is 2.37. The highest BCUT2D eigenvalue weighted by Gasteiger charge is 2.30. The number of ether oxygens (including phenoxy) is 1. The first-order chi connectivity index (χ1) is 12.8. The molecule has 4 rings (SSSR count). The summed E-state index contributed by atoms with van der Waals surface area (Å²) in [6.07, 6.45) is 8.34. The number of benzene rings is 1. The van der Waals surface area contributed by atoms with E-state index >= 15 is 0 Å². The molecule has 1 amide bonds. The van der Waals surface area contributed by atoms with Gasteiger partial charge in [0.05, 0.1) is 12.8 Å². The van der Waals surface area contributed by atoms with Gasteiger partial charge < -0.3 is 14.5 Å². The highest BCUT2D eigenvalue weighted by molar-refractivity contribution is 5.79. The Kier molecular flexibility index (Phi) is 4.82. The lowest BCUT2D eigenvalue weighted by molar-refractivity contribution is -0.135. The Bertz CT molecular complexity index is 759. The number of aromatic nitrogens is 2. The summed E-state index contributed by atoms with van der Waals surface area (Å²) in [6, 6.07) is 7.97. The molecule has 1 aromatic carbocycles. The highest BCUT2D eigenvalue weighted by Crippen LogP contribution is 2.28. The topological polar surface area (TPSA) is 50.6 Å². The van der Waals surface area contributed by atoms with Gasteiger partial charge in [-0.05, 0) is 25.0 Å². The van der Waals surface area contributed by atoms with Crippen LogP contribution in [0.15, 0.2) is 36.7 Å². The third-order valence-electron chi connectivity index (χ3n) is 5.53. The molecule has 1 saturated carbocycles. The molecule has 2 aromatic rings. The Labute approximate surface area is 154 Å². The fourth-order valence-electron chi connectivity index (χ4n) is 4.05. The second-order valence-electron chi connectivity index (χ2n) is 7.09. The molecule has 1 aliphatic heterocycles. The number of anilines is 1. The van der Waals surface area contributed by atoms with Gasteiger partial charge in [0, 0.05) is 50.6 Å². The first-order valence-corrected chi connectivity index (χ1v) is 9.48. The van der Waals surface area contributed by atoms with E-state index < -0.39 is 0 Å². The number of hydrogen-bond acceptors (Lipinski definition) is 4. The molecule has 2 fully saturated rings. The molecule has 0 radical (unpaired) electrons. The zero-order valence-corrected chi connectivity index (χ0v) is 15.3. The van der Waals surface area contributed by atoms with E-state index in [9.17, 15) is 4.79 Å². The highest BCUT2D eigenvalue weighted by atomic mass is 16.5. The number of nitrogens with zero attached hydrogens (tertiary/aromatic N) is 4. The van der Waals surface area contributed by atoms with Crippen LogP contribution in [0.4, 0.5) is 5.95 Å². The first kappa shape index (κ1) is 16.9. The van der Waals surface area contributed by atoms with Crippen LogP contribution in [-0.4, -0.2) is 53.6 Å². The van der Waals surface area contributed by atoms with E-state index in [-0.39, 0.29) is 5.92 Å². The molecule has 1 aromatic heterocycles. The Morgan fingerprint density at radius 1 is 1.15 bits per heavy atom. The van der Waals surface area contributed by atoms with Crippen LogP contribution in [0.25, 0.3) is 5.69 Å². The van der Waals surface area contributed by atoms with Gasteiger partial charge in [-0.2, -0.15) is 0 Å². The van der Waals surface area contributed by atoms with E-state index in [4.69, 9.17) is 4.74 Å². The number of amides is 1. The number of hydrogen-bond donors (Lipinski definition) is 0. The third kappa shape index (κ3) is 3.28. The number of carbonyl (C=O) groups is 1. The smallest absolute Gasteiger partial charge is 0.225 e. The summed E-state index contributed by atoms with van der Waals surface area (Å²) >= 11 is 0. The van der Waals surface area contributed by atoms with Crippen LogP contribution in [-0.2, 0) is 4.79 Å². The maximum Gasteiger partial charge on any atom is 0.225 e. The van der Waals surface area contributed by atoms with Crippen molar-refractivity contribution in [3.8, 4) is 11.4 Å². The fourth-order valence-corrected chi connectivity index (χ4v) is 4.05. The molecular formula is C20H26N4O2. The van der Waals surface area contributed by atoms with Gasteiger partial charge in [0.2, 0.25) is 11.9 Å². The van der Waals surface area contributed by atoms with Crippen LogP contribution in [0.3, 0.4) is 0 Å². The van der Waals surface area contributed by atoms with Crippen molar-refractivity contribution in [1.82, 2.24) is 14.5 Å². The van der Waals surface area contributed by atoms with Crippen LogP contribution in [0.1, 0.15) is 25.7 Å². The van der Waals surface area contributed by atoms with E-state index in [1.807, 2.05) is 41.6 Å². The quantitative estimate of drug-likeness (QED) is 0.847. The Hall–Kier alpha value is -2.50.